The van der Waals surface area contributed by atoms with Crippen LogP contribution in [0.25, 0.3) is 21.3 Å². The van der Waals surface area contributed by atoms with E-state index in [2.05, 4.69) is 16.4 Å². The van der Waals surface area contributed by atoms with Gasteiger partial charge in [0.25, 0.3) is 5.56 Å². The summed E-state index contributed by atoms with van der Waals surface area (Å²) in [6.45, 7) is -0.198. The maximum Gasteiger partial charge on any atom is 0.263 e. The van der Waals surface area contributed by atoms with E-state index in [1.165, 1.54) is 38.4 Å². The molecule has 1 aliphatic rings. The third kappa shape index (κ3) is 4.17. The zero-order chi connectivity index (χ0) is 24.5. The zero-order valence-corrected chi connectivity index (χ0v) is 20.8. The summed E-state index contributed by atoms with van der Waals surface area (Å²) in [5.74, 6) is 0.779. The molecule has 0 spiro atoms. The summed E-state index contributed by atoms with van der Waals surface area (Å²) in [6, 6.07) is 7.70. The normalized spacial score (nSPS) is 12.7. The molecule has 3 heterocycles. The van der Waals surface area contributed by atoms with Gasteiger partial charge in [0.05, 0.1) is 31.5 Å². The highest BCUT2D eigenvalue weighted by molar-refractivity contribution is 7.17. The Bertz CT molecular complexity index is 1540. The minimum absolute atomic E-state index is 0.198. The van der Waals surface area contributed by atoms with E-state index in [1.54, 1.807) is 20.3 Å². The van der Waals surface area contributed by atoms with Gasteiger partial charge in [0.15, 0.2) is 11.5 Å². The number of nitriles is 1. The molecule has 1 amide bonds. The molecule has 35 heavy (non-hydrogen) atoms. The van der Waals surface area contributed by atoms with Crippen LogP contribution in [0.5, 0.6) is 11.5 Å². The highest BCUT2D eigenvalue weighted by Gasteiger charge is 2.22. The second-order valence-electron chi connectivity index (χ2n) is 8.15. The molecule has 10 heteroatoms. The van der Waals surface area contributed by atoms with Gasteiger partial charge in [0.2, 0.25) is 5.91 Å². The van der Waals surface area contributed by atoms with Gasteiger partial charge in [0.1, 0.15) is 22.4 Å². The summed E-state index contributed by atoms with van der Waals surface area (Å²) in [6.07, 6.45) is 5.33. The lowest BCUT2D eigenvalue weighted by atomic mass is 9.96. The van der Waals surface area contributed by atoms with Crippen molar-refractivity contribution in [1.29, 1.82) is 5.26 Å². The molecule has 0 saturated carbocycles. The van der Waals surface area contributed by atoms with E-state index in [9.17, 15) is 14.9 Å². The number of hydrogen-bond acceptors (Lipinski definition) is 8. The van der Waals surface area contributed by atoms with Gasteiger partial charge in [-0.3, -0.25) is 14.2 Å². The van der Waals surface area contributed by atoms with Crippen molar-refractivity contribution in [3.8, 4) is 28.7 Å². The number of benzene rings is 1. The summed E-state index contributed by atoms with van der Waals surface area (Å²) in [5.41, 5.74) is 2.81. The van der Waals surface area contributed by atoms with E-state index in [0.29, 0.717) is 32.3 Å². The van der Waals surface area contributed by atoms with Crippen molar-refractivity contribution in [3.05, 3.63) is 56.3 Å². The number of methoxy groups -OCH3 is 2. The summed E-state index contributed by atoms with van der Waals surface area (Å²) in [4.78, 5) is 32.4. The smallest absolute Gasteiger partial charge is 0.263 e. The topological polar surface area (TPSA) is 106 Å². The monoisotopic (exact) mass is 506 g/mol. The van der Waals surface area contributed by atoms with Gasteiger partial charge in [0, 0.05) is 15.8 Å². The second kappa shape index (κ2) is 9.52. The molecule has 0 unspecified atom stereocenters. The van der Waals surface area contributed by atoms with Crippen LogP contribution < -0.4 is 20.3 Å². The van der Waals surface area contributed by atoms with Crippen LogP contribution in [0.2, 0.25) is 0 Å². The number of nitrogens with zero attached hydrogens (tertiary/aromatic N) is 3. The van der Waals surface area contributed by atoms with E-state index in [1.807, 2.05) is 17.5 Å². The van der Waals surface area contributed by atoms with Gasteiger partial charge in [-0.1, -0.05) is 6.07 Å². The first-order valence-electron chi connectivity index (χ1n) is 11.1. The lowest BCUT2D eigenvalue weighted by Gasteiger charge is -2.10. The molecule has 1 aromatic carbocycles. The van der Waals surface area contributed by atoms with E-state index >= 15 is 0 Å². The molecular weight excluding hydrogens is 484 g/mol. The fourth-order valence-corrected chi connectivity index (χ4v) is 6.55. The number of carbonyl (C=O) groups excluding carboxylic acids is 1. The maximum atomic E-state index is 13.4. The molecule has 1 aliphatic carbocycles. The van der Waals surface area contributed by atoms with Crippen LogP contribution in [-0.4, -0.2) is 29.7 Å². The van der Waals surface area contributed by atoms with Crippen molar-refractivity contribution in [3.63, 3.8) is 0 Å². The number of aryl methyl sites for hydroxylation is 1. The van der Waals surface area contributed by atoms with Crippen LogP contribution >= 0.6 is 22.7 Å². The van der Waals surface area contributed by atoms with Crippen LogP contribution in [-0.2, 0) is 24.2 Å². The van der Waals surface area contributed by atoms with Crippen LogP contribution in [0, 0.1) is 11.3 Å². The Balaban J connectivity index is 1.45. The van der Waals surface area contributed by atoms with Gasteiger partial charge >= 0.3 is 0 Å². The number of carbonyl (C=O) groups is 1. The number of amides is 1. The van der Waals surface area contributed by atoms with Crippen molar-refractivity contribution in [2.45, 2.75) is 32.2 Å². The Morgan fingerprint density at radius 2 is 2.03 bits per heavy atom. The quantitative estimate of drug-likeness (QED) is 0.410. The minimum Gasteiger partial charge on any atom is -0.493 e. The Labute approximate surface area is 209 Å². The summed E-state index contributed by atoms with van der Waals surface area (Å²) in [7, 11) is 3.12. The molecular formula is C25H22N4O4S2. The van der Waals surface area contributed by atoms with Crippen LogP contribution in [0.1, 0.15) is 28.8 Å². The van der Waals surface area contributed by atoms with Crippen molar-refractivity contribution in [1.82, 2.24) is 9.55 Å². The number of aromatic nitrogens is 2. The van der Waals surface area contributed by atoms with Gasteiger partial charge in [-0.25, -0.2) is 4.98 Å². The Hall–Kier alpha value is -3.68. The van der Waals surface area contributed by atoms with E-state index in [-0.39, 0.29) is 18.0 Å². The van der Waals surface area contributed by atoms with E-state index < -0.39 is 0 Å². The SMILES string of the molecule is COc1ccc(-c2csc3ncn(CC(=O)Nc4sc5c(c4C#N)CCCC5)c(=O)c23)cc1OC. The number of nitrogens with one attached hydrogen (secondary N) is 1. The fourth-order valence-electron chi connectivity index (χ4n) is 4.39. The second-order valence-corrected chi connectivity index (χ2v) is 10.1. The van der Waals surface area contributed by atoms with Crippen molar-refractivity contribution in [2.75, 3.05) is 19.5 Å². The van der Waals surface area contributed by atoms with Gasteiger partial charge in [-0.2, -0.15) is 5.26 Å². The zero-order valence-electron chi connectivity index (χ0n) is 19.2. The molecule has 0 bridgehead atoms. The molecule has 0 fully saturated rings. The minimum atomic E-state index is -0.369. The first-order chi connectivity index (χ1) is 17.0. The largest absolute Gasteiger partial charge is 0.493 e. The molecule has 0 radical (unpaired) electrons. The highest BCUT2D eigenvalue weighted by Crippen LogP contribution is 2.38. The molecule has 1 N–H and O–H groups in total. The molecule has 0 saturated heterocycles. The Morgan fingerprint density at radius 3 is 2.80 bits per heavy atom. The third-order valence-corrected chi connectivity index (χ3v) is 8.20. The standard InChI is InChI=1S/C25H22N4O4S2/c1-32-18-8-7-14(9-19(18)33-2)17-12-34-24-22(17)25(31)29(13-27-24)11-21(30)28-23-16(10-26)15-5-3-4-6-20(15)35-23/h7-9,12-13H,3-6,11H2,1-2H3,(H,28,30). The first-order valence-corrected chi connectivity index (χ1v) is 12.8. The number of hydrogen-bond donors (Lipinski definition) is 1. The van der Waals surface area contributed by atoms with Crippen LogP contribution in [0.4, 0.5) is 5.00 Å². The number of thiophene rings is 2. The van der Waals surface area contributed by atoms with Crippen molar-refractivity contribution >= 4 is 43.8 Å². The number of ether oxygens (including phenoxy) is 2. The van der Waals surface area contributed by atoms with E-state index in [4.69, 9.17) is 9.47 Å². The summed E-state index contributed by atoms with van der Waals surface area (Å²) >= 11 is 2.83. The third-order valence-electron chi connectivity index (χ3n) is 6.11. The fraction of sp³-hybridized carbons (Fsp3) is 0.280. The lowest BCUT2D eigenvalue weighted by molar-refractivity contribution is -0.116. The molecule has 4 aromatic rings. The van der Waals surface area contributed by atoms with Crippen LogP contribution in [0.15, 0.2) is 34.7 Å². The predicted molar refractivity (Wildman–Crippen MR) is 137 cm³/mol. The summed E-state index contributed by atoms with van der Waals surface area (Å²) in [5, 5.41) is 15.4. The molecule has 178 valence electrons. The Morgan fingerprint density at radius 1 is 1.23 bits per heavy atom. The first kappa shape index (κ1) is 23.1. The van der Waals surface area contributed by atoms with E-state index in [0.717, 1.165) is 42.4 Å². The van der Waals surface area contributed by atoms with Gasteiger partial charge in [-0.15, -0.1) is 22.7 Å². The van der Waals surface area contributed by atoms with Crippen molar-refractivity contribution in [2.24, 2.45) is 0 Å². The Kier molecular flexibility index (Phi) is 6.28. The molecule has 0 atom stereocenters. The molecule has 0 aliphatic heterocycles. The number of rotatable bonds is 6. The van der Waals surface area contributed by atoms with Gasteiger partial charge in [-0.05, 0) is 48.9 Å². The van der Waals surface area contributed by atoms with Gasteiger partial charge < -0.3 is 14.8 Å². The molecule has 5 rings (SSSR count). The maximum absolute atomic E-state index is 13.4. The molecule has 8 nitrogen and oxygen atoms in total. The molecule has 3 aromatic heterocycles. The van der Waals surface area contributed by atoms with Crippen LogP contribution in [0.3, 0.4) is 0 Å². The average Bonchev–Trinajstić information content (AvgIpc) is 3.46. The lowest BCUT2D eigenvalue weighted by Crippen LogP contribution is -2.27. The van der Waals surface area contributed by atoms with Crippen molar-refractivity contribution < 1.29 is 14.3 Å². The summed E-state index contributed by atoms with van der Waals surface area (Å²) < 4.78 is 12.0. The predicted octanol–water partition coefficient (Wildman–Crippen LogP) is 4.59. The number of fused-ring (bicyclic) bond motifs is 2. The number of anilines is 1. The average molecular weight is 507 g/mol. The highest BCUT2D eigenvalue weighted by atomic mass is 32.1.